The summed E-state index contributed by atoms with van der Waals surface area (Å²) in [5.74, 6) is -0.152. The first-order chi connectivity index (χ1) is 28.6. The Kier molecular flexibility index (Phi) is 47.5. The van der Waals surface area contributed by atoms with Crippen LogP contribution in [0.5, 0.6) is 0 Å². The Bertz CT molecular complexity index is 859. The Morgan fingerprint density at radius 2 is 0.690 bits per heavy atom. The van der Waals surface area contributed by atoms with Crippen LogP contribution in [-0.4, -0.2) is 46.1 Å². The van der Waals surface area contributed by atoms with E-state index in [1.807, 2.05) is 0 Å². The molecule has 4 N–H and O–H groups in total. The zero-order valence-electron chi connectivity index (χ0n) is 39.2. The number of rotatable bonds is 48. The van der Waals surface area contributed by atoms with E-state index in [0.717, 1.165) is 38.5 Å². The van der Waals surface area contributed by atoms with Gasteiger partial charge in [0.25, 0.3) is 0 Å². The van der Waals surface area contributed by atoms with E-state index in [2.05, 4.69) is 43.5 Å². The number of hydrogen-bond acceptors (Lipinski definition) is 4. The maximum absolute atomic E-state index is 12.4. The first-order valence-electron chi connectivity index (χ1n) is 26.1. The smallest absolute Gasteiger partial charge is 0.220 e. The zero-order chi connectivity index (χ0) is 42.3. The SMILES string of the molecule is CCCCCCCC/C=C/CCCC(O)C(O)C(CO)NC(=O)CCCCCCCCCCCCCCCCCCC/C=C\CCCCCCCCCCCCCC. The second kappa shape index (κ2) is 48.5. The van der Waals surface area contributed by atoms with Gasteiger partial charge in [0, 0.05) is 6.42 Å². The maximum Gasteiger partial charge on any atom is 0.220 e. The van der Waals surface area contributed by atoms with Crippen LogP contribution < -0.4 is 5.32 Å². The summed E-state index contributed by atoms with van der Waals surface area (Å²) < 4.78 is 0. The van der Waals surface area contributed by atoms with E-state index in [1.165, 1.54) is 218 Å². The Balaban J connectivity index is 3.46. The van der Waals surface area contributed by atoms with Crippen molar-refractivity contribution in [2.75, 3.05) is 6.61 Å². The Hall–Kier alpha value is -1.17. The molecule has 0 aliphatic rings. The fourth-order valence-electron chi connectivity index (χ4n) is 8.22. The minimum atomic E-state index is -1.16. The third-order valence-electron chi connectivity index (χ3n) is 12.3. The predicted molar refractivity (Wildman–Crippen MR) is 255 cm³/mol. The first kappa shape index (κ1) is 56.8. The highest BCUT2D eigenvalue weighted by atomic mass is 16.3. The van der Waals surface area contributed by atoms with Crippen molar-refractivity contribution in [2.24, 2.45) is 0 Å². The largest absolute Gasteiger partial charge is 0.394 e. The van der Waals surface area contributed by atoms with E-state index in [4.69, 9.17) is 0 Å². The molecule has 0 aliphatic carbocycles. The van der Waals surface area contributed by atoms with Gasteiger partial charge in [-0.15, -0.1) is 0 Å². The first-order valence-corrected chi connectivity index (χ1v) is 26.1. The van der Waals surface area contributed by atoms with Crippen molar-refractivity contribution >= 4 is 5.91 Å². The molecule has 0 heterocycles. The molecule has 5 nitrogen and oxygen atoms in total. The number of nitrogens with one attached hydrogen (secondary N) is 1. The monoisotopic (exact) mass is 818 g/mol. The lowest BCUT2D eigenvalue weighted by atomic mass is 10.0. The van der Waals surface area contributed by atoms with Gasteiger partial charge in [0.05, 0.1) is 18.8 Å². The van der Waals surface area contributed by atoms with Crippen molar-refractivity contribution in [1.29, 1.82) is 0 Å². The second-order valence-corrected chi connectivity index (χ2v) is 18.1. The van der Waals surface area contributed by atoms with Crippen LogP contribution in [0.15, 0.2) is 24.3 Å². The number of carbonyl (C=O) groups is 1. The van der Waals surface area contributed by atoms with Gasteiger partial charge >= 0.3 is 0 Å². The molecule has 0 aromatic carbocycles. The third kappa shape index (κ3) is 42.9. The number of carbonyl (C=O) groups excluding carboxylic acids is 1. The third-order valence-corrected chi connectivity index (χ3v) is 12.3. The molecule has 0 spiro atoms. The van der Waals surface area contributed by atoms with E-state index >= 15 is 0 Å². The number of amides is 1. The van der Waals surface area contributed by atoms with Crippen LogP contribution in [0.3, 0.4) is 0 Å². The average molecular weight is 818 g/mol. The van der Waals surface area contributed by atoms with E-state index in [9.17, 15) is 20.1 Å². The van der Waals surface area contributed by atoms with Crippen molar-refractivity contribution in [2.45, 2.75) is 302 Å². The molecule has 0 bridgehead atoms. The highest BCUT2D eigenvalue weighted by Gasteiger charge is 2.26. The van der Waals surface area contributed by atoms with E-state index in [1.54, 1.807) is 0 Å². The Morgan fingerprint density at radius 1 is 0.414 bits per heavy atom. The summed E-state index contributed by atoms with van der Waals surface area (Å²) in [5, 5.41) is 33.5. The number of unbranched alkanes of at least 4 members (excludes halogenated alkanes) is 36. The van der Waals surface area contributed by atoms with Crippen LogP contribution in [0.1, 0.15) is 284 Å². The van der Waals surface area contributed by atoms with Gasteiger partial charge in [0.1, 0.15) is 6.10 Å². The summed E-state index contributed by atoms with van der Waals surface area (Å²) in [6.45, 7) is 4.16. The van der Waals surface area contributed by atoms with Crippen LogP contribution in [-0.2, 0) is 4.79 Å². The van der Waals surface area contributed by atoms with Crippen LogP contribution in [0, 0.1) is 0 Å². The quantitative estimate of drug-likeness (QED) is 0.0364. The molecule has 344 valence electrons. The van der Waals surface area contributed by atoms with Gasteiger partial charge < -0.3 is 20.6 Å². The molecule has 1 amide bonds. The molecule has 58 heavy (non-hydrogen) atoms. The number of aliphatic hydroxyl groups excluding tert-OH is 3. The fourth-order valence-corrected chi connectivity index (χ4v) is 8.22. The predicted octanol–water partition coefficient (Wildman–Crippen LogP) is 15.7. The summed E-state index contributed by atoms with van der Waals surface area (Å²) in [4.78, 5) is 12.4. The standard InChI is InChI=1S/C53H103NO4/c1-3-5-7-9-11-13-15-16-17-18-19-20-21-22-23-24-25-26-27-28-29-30-31-32-33-34-35-36-38-40-42-44-46-48-52(57)54-50(49-55)53(58)51(56)47-45-43-41-39-37-14-12-10-8-6-4-2/h22-23,39,41,50-51,53,55-56,58H,3-21,24-38,40,42-49H2,1-2H3,(H,54,57)/b23-22-,41-39+. The minimum Gasteiger partial charge on any atom is -0.394 e. The molecule has 5 heteroatoms. The summed E-state index contributed by atoms with van der Waals surface area (Å²) in [6, 6.07) is -0.822. The van der Waals surface area contributed by atoms with Crippen LogP contribution >= 0.6 is 0 Å². The van der Waals surface area contributed by atoms with Crippen LogP contribution in [0.2, 0.25) is 0 Å². The van der Waals surface area contributed by atoms with Gasteiger partial charge in [-0.1, -0.05) is 237 Å². The molecule has 0 aromatic rings. The number of allylic oxidation sites excluding steroid dienone is 4. The minimum absolute atomic E-state index is 0.152. The molecule has 0 fully saturated rings. The van der Waals surface area contributed by atoms with Gasteiger partial charge in [0.2, 0.25) is 5.91 Å². The highest BCUT2D eigenvalue weighted by molar-refractivity contribution is 5.76. The van der Waals surface area contributed by atoms with E-state index < -0.39 is 18.2 Å². The number of aliphatic hydroxyl groups is 3. The summed E-state index contributed by atoms with van der Waals surface area (Å²) in [7, 11) is 0. The molecule has 0 aromatic heterocycles. The van der Waals surface area contributed by atoms with Gasteiger partial charge in [-0.05, 0) is 64.2 Å². The van der Waals surface area contributed by atoms with E-state index in [-0.39, 0.29) is 12.5 Å². The maximum atomic E-state index is 12.4. The molecule has 0 saturated heterocycles. The second-order valence-electron chi connectivity index (χ2n) is 18.1. The molecule has 0 rings (SSSR count). The molecular weight excluding hydrogens is 715 g/mol. The van der Waals surface area contributed by atoms with Gasteiger partial charge in [0.15, 0.2) is 0 Å². The normalized spacial score (nSPS) is 13.5. The van der Waals surface area contributed by atoms with Crippen molar-refractivity contribution in [3.05, 3.63) is 24.3 Å². The van der Waals surface area contributed by atoms with Crippen molar-refractivity contribution in [1.82, 2.24) is 5.32 Å². The molecule has 3 atom stereocenters. The number of hydrogen-bond donors (Lipinski definition) is 4. The summed E-state index contributed by atoms with van der Waals surface area (Å²) in [6.07, 6.45) is 60.6. The van der Waals surface area contributed by atoms with Gasteiger partial charge in [-0.3, -0.25) is 4.79 Å². The molecular formula is C53H103NO4. The lowest BCUT2D eigenvalue weighted by molar-refractivity contribution is -0.124. The lowest BCUT2D eigenvalue weighted by Gasteiger charge is -2.26. The van der Waals surface area contributed by atoms with Gasteiger partial charge in [-0.2, -0.15) is 0 Å². The average Bonchev–Trinajstić information content (AvgIpc) is 3.23. The highest BCUT2D eigenvalue weighted by Crippen LogP contribution is 2.17. The lowest BCUT2D eigenvalue weighted by Crippen LogP contribution is -2.50. The fraction of sp³-hybridized carbons (Fsp3) is 0.906. The van der Waals surface area contributed by atoms with Crippen molar-refractivity contribution in [3.8, 4) is 0 Å². The summed E-state index contributed by atoms with van der Waals surface area (Å²) in [5.41, 5.74) is 0. The topological polar surface area (TPSA) is 89.8 Å². The van der Waals surface area contributed by atoms with Crippen molar-refractivity contribution in [3.63, 3.8) is 0 Å². The van der Waals surface area contributed by atoms with Crippen LogP contribution in [0.25, 0.3) is 0 Å². The van der Waals surface area contributed by atoms with E-state index in [0.29, 0.717) is 12.8 Å². The van der Waals surface area contributed by atoms with Crippen LogP contribution in [0.4, 0.5) is 0 Å². The van der Waals surface area contributed by atoms with Gasteiger partial charge in [-0.25, -0.2) is 0 Å². The zero-order valence-corrected chi connectivity index (χ0v) is 39.2. The molecule has 0 aliphatic heterocycles. The molecule has 3 unspecified atom stereocenters. The Labute approximate surface area is 362 Å². The summed E-state index contributed by atoms with van der Waals surface area (Å²) >= 11 is 0. The molecule has 0 saturated carbocycles. The van der Waals surface area contributed by atoms with Crippen molar-refractivity contribution < 1.29 is 20.1 Å². The Morgan fingerprint density at radius 3 is 1.00 bits per heavy atom. The molecule has 0 radical (unpaired) electrons.